The molecule has 0 bridgehead atoms. The van der Waals surface area contributed by atoms with Crippen molar-refractivity contribution in [1.29, 1.82) is 0 Å². The molecule has 0 fully saturated rings. The van der Waals surface area contributed by atoms with Crippen LogP contribution in [0.25, 0.3) is 0 Å². The molecule has 0 amide bonds. The van der Waals surface area contributed by atoms with Gasteiger partial charge in [-0.1, -0.05) is 37.3 Å². The molecule has 1 aromatic carbocycles. The van der Waals surface area contributed by atoms with Crippen molar-refractivity contribution in [3.63, 3.8) is 0 Å². The van der Waals surface area contributed by atoms with Crippen LogP contribution in [-0.4, -0.2) is 16.8 Å². The maximum absolute atomic E-state index is 4.48. The summed E-state index contributed by atoms with van der Waals surface area (Å²) in [7, 11) is 0. The summed E-state index contributed by atoms with van der Waals surface area (Å²) in [5.41, 5.74) is 2.98. The van der Waals surface area contributed by atoms with Crippen LogP contribution in [0.3, 0.4) is 0 Å². The first-order valence-corrected chi connectivity index (χ1v) is 8.65. The van der Waals surface area contributed by atoms with E-state index in [1.165, 1.54) is 30.4 Å². The number of nitrogens with zero attached hydrogens (tertiary/aromatic N) is 1. The summed E-state index contributed by atoms with van der Waals surface area (Å²) >= 11 is 1.91. The second-order valence-electron chi connectivity index (χ2n) is 5.49. The number of aryl methyl sites for hydroxylation is 1. The molecular formula is C18H22N2S. The third-order valence-corrected chi connectivity index (χ3v) is 5.28. The Balaban J connectivity index is 1.82. The maximum atomic E-state index is 4.48. The molecule has 0 aliphatic heterocycles. The van der Waals surface area contributed by atoms with Crippen molar-refractivity contribution in [2.24, 2.45) is 0 Å². The van der Waals surface area contributed by atoms with Crippen LogP contribution in [0.2, 0.25) is 0 Å². The number of thioether (sulfide) groups is 1. The normalized spacial score (nSPS) is 21.0. The highest BCUT2D eigenvalue weighted by atomic mass is 32.2. The first kappa shape index (κ1) is 14.6. The fraction of sp³-hybridized carbons (Fsp3) is 0.389. The second-order valence-corrected chi connectivity index (χ2v) is 6.75. The lowest BCUT2D eigenvalue weighted by atomic mass is 9.87. The Kier molecular flexibility index (Phi) is 4.94. The van der Waals surface area contributed by atoms with Crippen molar-refractivity contribution >= 4 is 11.8 Å². The van der Waals surface area contributed by atoms with Gasteiger partial charge in [0, 0.05) is 17.5 Å². The fourth-order valence-electron chi connectivity index (χ4n) is 2.97. The van der Waals surface area contributed by atoms with Crippen LogP contribution in [0, 0.1) is 0 Å². The van der Waals surface area contributed by atoms with Gasteiger partial charge in [-0.05, 0) is 49.1 Å². The Hall–Kier alpha value is -1.32. The Labute approximate surface area is 131 Å². The number of rotatable bonds is 5. The van der Waals surface area contributed by atoms with Gasteiger partial charge in [0.25, 0.3) is 0 Å². The maximum Gasteiger partial charge on any atom is 0.0963 e. The third-order valence-electron chi connectivity index (χ3n) is 3.98. The number of fused-ring (bicyclic) bond motifs is 1. The highest BCUT2D eigenvalue weighted by Gasteiger charge is 2.29. The highest BCUT2D eigenvalue weighted by molar-refractivity contribution is 7.99. The van der Waals surface area contributed by atoms with E-state index in [2.05, 4.69) is 53.6 Å². The minimum atomic E-state index is 0.432. The van der Waals surface area contributed by atoms with Crippen molar-refractivity contribution < 1.29 is 0 Å². The third kappa shape index (κ3) is 3.47. The average molecular weight is 298 g/mol. The van der Waals surface area contributed by atoms with Crippen molar-refractivity contribution in [3.05, 3.63) is 59.8 Å². The summed E-state index contributed by atoms with van der Waals surface area (Å²) in [4.78, 5) is 4.48. The van der Waals surface area contributed by atoms with Gasteiger partial charge >= 0.3 is 0 Å². The summed E-state index contributed by atoms with van der Waals surface area (Å²) in [6.07, 6.45) is 5.43. The quantitative estimate of drug-likeness (QED) is 0.894. The van der Waals surface area contributed by atoms with Crippen molar-refractivity contribution in [3.8, 4) is 0 Å². The van der Waals surface area contributed by atoms with E-state index in [9.17, 15) is 0 Å². The largest absolute Gasteiger partial charge is 0.309 e. The van der Waals surface area contributed by atoms with E-state index in [-0.39, 0.29) is 0 Å². The Morgan fingerprint density at radius 1 is 1.19 bits per heavy atom. The highest BCUT2D eigenvalue weighted by Crippen LogP contribution is 2.39. The van der Waals surface area contributed by atoms with E-state index in [0.717, 1.165) is 11.6 Å². The van der Waals surface area contributed by atoms with Crippen LogP contribution in [0.5, 0.6) is 0 Å². The van der Waals surface area contributed by atoms with Crippen LogP contribution in [0.1, 0.15) is 36.9 Å². The molecule has 0 saturated carbocycles. The Morgan fingerprint density at radius 2 is 2.05 bits per heavy atom. The number of benzene rings is 1. The van der Waals surface area contributed by atoms with Gasteiger partial charge in [-0.2, -0.15) is 0 Å². The number of hydrogen-bond acceptors (Lipinski definition) is 3. The standard InChI is InChI=1S/C18H22N2S/c1-2-12-20-18-15-8-4-3-7-14(15)10-11-16(18)21-17-9-5-6-13-19-17/h3-9,13,16,18,20H,2,10-12H2,1H3. The van der Waals surface area contributed by atoms with Gasteiger partial charge in [0.1, 0.15) is 0 Å². The van der Waals surface area contributed by atoms with Crippen molar-refractivity contribution in [1.82, 2.24) is 10.3 Å². The van der Waals surface area contributed by atoms with Crippen molar-refractivity contribution in [2.45, 2.75) is 42.5 Å². The first-order chi connectivity index (χ1) is 10.4. The SMILES string of the molecule is CCCNC1c2ccccc2CCC1Sc1ccccn1. The molecule has 110 valence electrons. The van der Waals surface area contributed by atoms with E-state index < -0.39 is 0 Å². The minimum absolute atomic E-state index is 0.432. The molecule has 2 aromatic rings. The summed E-state index contributed by atoms with van der Waals surface area (Å²) < 4.78 is 0. The molecule has 2 atom stereocenters. The second kappa shape index (κ2) is 7.10. The Morgan fingerprint density at radius 3 is 2.86 bits per heavy atom. The molecular weight excluding hydrogens is 276 g/mol. The molecule has 2 unspecified atom stereocenters. The van der Waals surface area contributed by atoms with E-state index in [4.69, 9.17) is 0 Å². The average Bonchev–Trinajstić information content (AvgIpc) is 2.55. The fourth-order valence-corrected chi connectivity index (χ4v) is 4.17. The van der Waals surface area contributed by atoms with Gasteiger partial charge in [-0.3, -0.25) is 0 Å². The summed E-state index contributed by atoms with van der Waals surface area (Å²) in [6.45, 7) is 3.29. The van der Waals surface area contributed by atoms with Gasteiger partial charge in [-0.15, -0.1) is 11.8 Å². The predicted octanol–water partition coefficient (Wildman–Crippen LogP) is 4.23. The molecule has 3 rings (SSSR count). The smallest absolute Gasteiger partial charge is 0.0963 e. The van der Waals surface area contributed by atoms with Gasteiger partial charge in [0.2, 0.25) is 0 Å². The minimum Gasteiger partial charge on any atom is -0.309 e. The van der Waals surface area contributed by atoms with E-state index >= 15 is 0 Å². The van der Waals surface area contributed by atoms with E-state index in [0.29, 0.717) is 11.3 Å². The van der Waals surface area contributed by atoms with E-state index in [1.54, 1.807) is 0 Å². The lowest BCUT2D eigenvalue weighted by Gasteiger charge is -2.33. The van der Waals surface area contributed by atoms with Crippen LogP contribution >= 0.6 is 11.8 Å². The lowest BCUT2D eigenvalue weighted by molar-refractivity contribution is 0.472. The molecule has 21 heavy (non-hydrogen) atoms. The molecule has 1 aromatic heterocycles. The van der Waals surface area contributed by atoms with Crippen LogP contribution in [-0.2, 0) is 6.42 Å². The number of aromatic nitrogens is 1. The molecule has 1 aliphatic carbocycles. The van der Waals surface area contributed by atoms with Gasteiger partial charge < -0.3 is 5.32 Å². The van der Waals surface area contributed by atoms with Crippen LogP contribution < -0.4 is 5.32 Å². The van der Waals surface area contributed by atoms with Gasteiger partial charge in [-0.25, -0.2) is 4.98 Å². The molecule has 1 aliphatic rings. The topological polar surface area (TPSA) is 24.9 Å². The Bertz CT molecular complexity index is 570. The van der Waals surface area contributed by atoms with Crippen LogP contribution in [0.15, 0.2) is 53.7 Å². The molecule has 1 N–H and O–H groups in total. The monoisotopic (exact) mass is 298 g/mol. The zero-order valence-electron chi connectivity index (χ0n) is 12.5. The lowest BCUT2D eigenvalue weighted by Crippen LogP contribution is -2.34. The summed E-state index contributed by atoms with van der Waals surface area (Å²) in [5, 5.41) is 5.44. The zero-order chi connectivity index (χ0) is 14.5. The number of hydrogen-bond donors (Lipinski definition) is 1. The summed E-state index contributed by atoms with van der Waals surface area (Å²) in [6, 6.07) is 15.5. The zero-order valence-corrected chi connectivity index (χ0v) is 13.3. The van der Waals surface area contributed by atoms with Gasteiger partial charge in [0.15, 0.2) is 0 Å². The van der Waals surface area contributed by atoms with E-state index in [1.807, 2.05) is 24.0 Å². The molecule has 2 nitrogen and oxygen atoms in total. The van der Waals surface area contributed by atoms with Crippen molar-refractivity contribution in [2.75, 3.05) is 6.54 Å². The number of pyridine rings is 1. The molecule has 0 saturated heterocycles. The summed E-state index contributed by atoms with van der Waals surface area (Å²) in [5.74, 6) is 0. The first-order valence-electron chi connectivity index (χ1n) is 7.77. The molecule has 3 heteroatoms. The predicted molar refractivity (Wildman–Crippen MR) is 89.7 cm³/mol. The van der Waals surface area contributed by atoms with Crippen LogP contribution in [0.4, 0.5) is 0 Å². The molecule has 0 spiro atoms. The molecule has 1 heterocycles. The number of nitrogens with one attached hydrogen (secondary N) is 1. The molecule has 0 radical (unpaired) electrons. The van der Waals surface area contributed by atoms with Gasteiger partial charge in [0.05, 0.1) is 5.03 Å².